The van der Waals surface area contributed by atoms with Crippen LogP contribution < -0.4 is 20.9 Å². The Balaban J connectivity index is 0.000000201. The molecule has 196 valence electrons. The number of rotatable bonds is 5. The van der Waals surface area contributed by atoms with E-state index in [0.29, 0.717) is 59.8 Å². The normalized spacial score (nSPS) is 14.6. The Morgan fingerprint density at radius 3 is 2.31 bits per heavy atom. The highest BCUT2D eigenvalue weighted by molar-refractivity contribution is 7.92. The molecule has 0 unspecified atom stereocenters. The molecule has 3 aromatic rings. The van der Waals surface area contributed by atoms with Crippen molar-refractivity contribution in [3.05, 3.63) is 48.0 Å². The van der Waals surface area contributed by atoms with E-state index in [-0.39, 0.29) is 16.3 Å². The average molecular weight is 539 g/mol. The molecule has 0 bridgehead atoms. The topological polar surface area (TPSA) is 174 Å². The summed E-state index contributed by atoms with van der Waals surface area (Å²) in [4.78, 5) is 0.0868. The van der Waals surface area contributed by atoms with E-state index in [1.165, 1.54) is 23.5 Å². The van der Waals surface area contributed by atoms with Gasteiger partial charge in [-0.15, -0.1) is 0 Å². The minimum absolute atomic E-state index is 0.0868. The van der Waals surface area contributed by atoms with Crippen molar-refractivity contribution in [2.45, 2.75) is 11.8 Å². The number of aryl methyl sites for hydroxylation is 1. The number of nitrogens with two attached hydrogens (primary N) is 2. The van der Waals surface area contributed by atoms with Crippen LogP contribution in [0.1, 0.15) is 5.56 Å². The summed E-state index contributed by atoms with van der Waals surface area (Å²) in [5, 5.41) is 11.0. The molecule has 1 heterocycles. The third-order valence-electron chi connectivity index (χ3n) is 5.46. The Morgan fingerprint density at radius 2 is 1.69 bits per heavy atom. The third kappa shape index (κ3) is 6.10. The molecule has 1 fully saturated rings. The first-order chi connectivity index (χ1) is 16.8. The molecule has 0 amide bonds. The van der Waals surface area contributed by atoms with Gasteiger partial charge >= 0.3 is 0 Å². The number of phenols is 1. The van der Waals surface area contributed by atoms with Crippen LogP contribution in [0.3, 0.4) is 0 Å². The largest absolute Gasteiger partial charge is 0.507 e. The van der Waals surface area contributed by atoms with Crippen LogP contribution in [0.4, 0.5) is 17.1 Å². The average Bonchev–Trinajstić information content (AvgIpc) is 2.82. The summed E-state index contributed by atoms with van der Waals surface area (Å²) in [7, 11) is -5.49. The zero-order chi connectivity index (χ0) is 26.7. The molecule has 6 N–H and O–H groups in total. The maximum Gasteiger partial charge on any atom is 0.245 e. The number of aromatic hydroxyl groups is 1. The van der Waals surface area contributed by atoms with Gasteiger partial charge in [-0.25, -0.2) is 16.8 Å². The van der Waals surface area contributed by atoms with E-state index in [2.05, 4.69) is 4.72 Å². The number of morpholine rings is 1. The molecule has 0 aromatic heterocycles. The van der Waals surface area contributed by atoms with Gasteiger partial charge in [-0.1, -0.05) is 12.1 Å². The van der Waals surface area contributed by atoms with E-state index in [4.69, 9.17) is 20.9 Å². The number of fused-ring (bicyclic) bond motifs is 1. The second-order valence-corrected chi connectivity index (χ2v) is 11.8. The summed E-state index contributed by atoms with van der Waals surface area (Å²) >= 11 is 0. The molecular weight excluding hydrogens is 508 g/mol. The number of phenolic OH excluding ortho intramolecular Hbond substituents is 1. The number of hydrogen-bond donors (Lipinski definition) is 4. The molecule has 4 rings (SSSR count). The monoisotopic (exact) mass is 538 g/mol. The van der Waals surface area contributed by atoms with Crippen molar-refractivity contribution >= 4 is 47.9 Å². The fourth-order valence-electron chi connectivity index (χ4n) is 3.72. The Kier molecular flexibility index (Phi) is 8.19. The van der Waals surface area contributed by atoms with Gasteiger partial charge < -0.3 is 26.0 Å². The number of ether oxygens (including phenoxy) is 2. The van der Waals surface area contributed by atoms with Gasteiger partial charge in [0.05, 0.1) is 38.0 Å². The van der Waals surface area contributed by atoms with Crippen LogP contribution in [0.5, 0.6) is 11.5 Å². The van der Waals surface area contributed by atoms with Crippen molar-refractivity contribution in [1.82, 2.24) is 4.31 Å². The van der Waals surface area contributed by atoms with Crippen LogP contribution in [-0.2, 0) is 24.8 Å². The quantitative estimate of drug-likeness (QED) is 0.280. The van der Waals surface area contributed by atoms with Crippen LogP contribution in [0.15, 0.2) is 47.4 Å². The lowest BCUT2D eigenvalue weighted by Gasteiger charge is -2.26. The molecule has 3 aromatic carbocycles. The highest BCUT2D eigenvalue weighted by atomic mass is 32.2. The summed E-state index contributed by atoms with van der Waals surface area (Å²) in [5.41, 5.74) is 13.3. The van der Waals surface area contributed by atoms with E-state index in [0.717, 1.165) is 6.26 Å². The van der Waals surface area contributed by atoms with Crippen molar-refractivity contribution in [3.63, 3.8) is 0 Å². The molecule has 13 heteroatoms. The predicted molar refractivity (Wildman–Crippen MR) is 140 cm³/mol. The molecule has 0 aliphatic carbocycles. The van der Waals surface area contributed by atoms with Gasteiger partial charge in [0.25, 0.3) is 0 Å². The lowest BCUT2D eigenvalue weighted by atomic mass is 10.0. The molecule has 11 nitrogen and oxygen atoms in total. The zero-order valence-corrected chi connectivity index (χ0v) is 21.8. The molecule has 0 spiro atoms. The Bertz CT molecular complexity index is 1470. The molecule has 0 radical (unpaired) electrons. The fraction of sp³-hybridized carbons (Fsp3) is 0.304. The minimum atomic E-state index is -3.58. The number of anilines is 3. The number of nitrogens with zero attached hydrogens (tertiary/aromatic N) is 1. The van der Waals surface area contributed by atoms with E-state index in [9.17, 15) is 21.9 Å². The first-order valence-electron chi connectivity index (χ1n) is 10.8. The Morgan fingerprint density at radius 1 is 1.03 bits per heavy atom. The van der Waals surface area contributed by atoms with E-state index >= 15 is 0 Å². The number of nitrogens with one attached hydrogen (secondary N) is 1. The van der Waals surface area contributed by atoms with Crippen molar-refractivity contribution in [2.24, 2.45) is 0 Å². The summed E-state index contributed by atoms with van der Waals surface area (Å²) in [6.45, 7) is 3.24. The highest BCUT2D eigenvalue weighted by Crippen LogP contribution is 2.37. The summed E-state index contributed by atoms with van der Waals surface area (Å²) in [6, 6.07) is 11.2. The zero-order valence-electron chi connectivity index (χ0n) is 20.2. The van der Waals surface area contributed by atoms with Crippen LogP contribution in [0, 0.1) is 6.92 Å². The summed E-state index contributed by atoms with van der Waals surface area (Å²) in [5.74, 6) is 0.576. The maximum absolute atomic E-state index is 12.4. The van der Waals surface area contributed by atoms with E-state index in [1.807, 2.05) is 0 Å². The van der Waals surface area contributed by atoms with Crippen LogP contribution in [-0.4, -0.2) is 65.9 Å². The molecule has 0 saturated carbocycles. The Labute approximate surface area is 210 Å². The van der Waals surface area contributed by atoms with E-state index in [1.54, 1.807) is 37.3 Å². The number of nitrogen functional groups attached to an aromatic ring is 2. The fourth-order valence-corrected chi connectivity index (χ4v) is 5.83. The van der Waals surface area contributed by atoms with Crippen molar-refractivity contribution in [3.8, 4) is 11.5 Å². The number of hydrogen-bond acceptors (Lipinski definition) is 9. The lowest BCUT2D eigenvalue weighted by molar-refractivity contribution is 0.0730. The standard InChI is InChI=1S/C12H14N2O3S.C11H16N2O4S/c1-7-6-9(13)11-8(12(7)15)4-3-5-10(11)14-18(2,16)17;1-16-9-2-3-10(12)11(8-9)18(14,15)13-4-6-17-7-5-13/h3-6,14-15H,13H2,1-2H3;2-3,8H,4-7,12H2,1H3. The van der Waals surface area contributed by atoms with Gasteiger partial charge in [0.2, 0.25) is 20.0 Å². The SMILES string of the molecule is COc1ccc(N)c(S(=O)(=O)N2CCOCC2)c1.Cc1cc(N)c2c(NS(C)(=O)=O)cccc2c1O. The summed E-state index contributed by atoms with van der Waals surface area (Å²) < 4.78 is 61.4. The molecule has 36 heavy (non-hydrogen) atoms. The minimum Gasteiger partial charge on any atom is -0.507 e. The van der Waals surface area contributed by atoms with Crippen molar-refractivity contribution in [1.29, 1.82) is 0 Å². The smallest absolute Gasteiger partial charge is 0.245 e. The van der Waals surface area contributed by atoms with Gasteiger partial charge in [-0.05, 0) is 36.8 Å². The first-order valence-corrected chi connectivity index (χ1v) is 14.2. The highest BCUT2D eigenvalue weighted by Gasteiger charge is 2.28. The lowest BCUT2D eigenvalue weighted by Crippen LogP contribution is -2.40. The van der Waals surface area contributed by atoms with Crippen LogP contribution in [0.25, 0.3) is 10.8 Å². The van der Waals surface area contributed by atoms with Crippen LogP contribution >= 0.6 is 0 Å². The Hall–Kier alpha value is -3.26. The van der Waals surface area contributed by atoms with Gasteiger partial charge in [0.1, 0.15) is 16.4 Å². The number of methoxy groups -OCH3 is 1. The van der Waals surface area contributed by atoms with Gasteiger partial charge in [-0.3, -0.25) is 4.72 Å². The van der Waals surface area contributed by atoms with Gasteiger partial charge in [0.15, 0.2) is 0 Å². The maximum atomic E-state index is 12.4. The summed E-state index contributed by atoms with van der Waals surface area (Å²) in [6.07, 6.45) is 1.07. The van der Waals surface area contributed by atoms with E-state index < -0.39 is 20.0 Å². The second-order valence-electron chi connectivity index (χ2n) is 8.15. The molecule has 0 atom stereocenters. The molecule has 1 aliphatic rings. The molecule has 1 aliphatic heterocycles. The number of benzene rings is 3. The second kappa shape index (κ2) is 10.8. The van der Waals surface area contributed by atoms with Crippen molar-refractivity contribution < 1.29 is 31.4 Å². The molecule has 1 saturated heterocycles. The van der Waals surface area contributed by atoms with Crippen molar-refractivity contribution in [2.75, 3.05) is 55.9 Å². The van der Waals surface area contributed by atoms with Gasteiger partial charge in [-0.2, -0.15) is 4.31 Å². The predicted octanol–water partition coefficient (Wildman–Crippen LogP) is 2.11. The third-order valence-corrected chi connectivity index (χ3v) is 8.00. The number of sulfonamides is 2. The first kappa shape index (κ1) is 27.3. The van der Waals surface area contributed by atoms with Crippen LogP contribution in [0.2, 0.25) is 0 Å². The van der Waals surface area contributed by atoms with Gasteiger partial charge in [0, 0.05) is 35.6 Å². The molecular formula is C23H30N4O7S2.